The van der Waals surface area contributed by atoms with Crippen molar-refractivity contribution in [3.8, 4) is 0 Å². The molecule has 0 spiro atoms. The summed E-state index contributed by atoms with van der Waals surface area (Å²) in [5.74, 6) is -1.86. The van der Waals surface area contributed by atoms with Crippen molar-refractivity contribution in [2.24, 2.45) is 4.99 Å². The molecule has 0 amide bonds. The molecular formula is C23H18F4N2. The first-order chi connectivity index (χ1) is 14.0. The number of aliphatic imine (C=N–C) groups is 1. The van der Waals surface area contributed by atoms with Gasteiger partial charge in [-0.3, -0.25) is 4.99 Å². The highest BCUT2D eigenvalue weighted by atomic mass is 19.2. The molecule has 3 aromatic rings. The Morgan fingerprint density at radius 3 is 2.10 bits per heavy atom. The number of hydrogen-bond acceptors (Lipinski definition) is 2. The van der Waals surface area contributed by atoms with Gasteiger partial charge in [-0.05, 0) is 59.5 Å². The summed E-state index contributed by atoms with van der Waals surface area (Å²) in [6, 6.07) is 15.4. The quantitative estimate of drug-likeness (QED) is 0.551. The van der Waals surface area contributed by atoms with Crippen LogP contribution < -0.4 is 5.32 Å². The minimum atomic E-state index is -0.890. The van der Waals surface area contributed by atoms with E-state index < -0.39 is 17.7 Å². The van der Waals surface area contributed by atoms with Crippen molar-refractivity contribution in [2.75, 3.05) is 0 Å². The lowest BCUT2D eigenvalue weighted by molar-refractivity contribution is 0.507. The van der Waals surface area contributed by atoms with Crippen LogP contribution in [0.25, 0.3) is 0 Å². The first-order valence-corrected chi connectivity index (χ1v) is 9.27. The Balaban J connectivity index is 1.59. The average molecular weight is 398 g/mol. The Kier molecular flexibility index (Phi) is 5.34. The number of nitrogens with one attached hydrogen (secondary N) is 1. The van der Waals surface area contributed by atoms with E-state index in [0.717, 1.165) is 6.07 Å². The molecule has 1 aliphatic rings. The summed E-state index contributed by atoms with van der Waals surface area (Å²) in [4.78, 5) is 4.69. The van der Waals surface area contributed by atoms with Gasteiger partial charge in [-0.25, -0.2) is 17.6 Å². The van der Waals surface area contributed by atoms with Gasteiger partial charge in [0.1, 0.15) is 17.7 Å². The zero-order valence-electron chi connectivity index (χ0n) is 15.4. The highest BCUT2D eigenvalue weighted by molar-refractivity contribution is 5.85. The van der Waals surface area contributed by atoms with Crippen LogP contribution in [0.2, 0.25) is 0 Å². The predicted molar refractivity (Wildman–Crippen MR) is 104 cm³/mol. The smallest absolute Gasteiger partial charge is 0.159 e. The molecule has 1 heterocycles. The van der Waals surface area contributed by atoms with Crippen molar-refractivity contribution in [2.45, 2.75) is 24.9 Å². The number of nitrogens with zero attached hydrogens (tertiary/aromatic N) is 1. The number of benzene rings is 3. The summed E-state index contributed by atoms with van der Waals surface area (Å²) in [7, 11) is 0. The Morgan fingerprint density at radius 1 is 0.724 bits per heavy atom. The molecule has 0 radical (unpaired) electrons. The lowest BCUT2D eigenvalue weighted by Crippen LogP contribution is -2.24. The summed E-state index contributed by atoms with van der Waals surface area (Å²) < 4.78 is 54.1. The molecule has 6 heteroatoms. The topological polar surface area (TPSA) is 24.4 Å². The summed E-state index contributed by atoms with van der Waals surface area (Å²) in [5, 5.41) is 3.29. The molecule has 29 heavy (non-hydrogen) atoms. The largest absolute Gasteiger partial charge is 0.364 e. The van der Waals surface area contributed by atoms with Crippen LogP contribution in [0.1, 0.15) is 35.2 Å². The fourth-order valence-corrected chi connectivity index (χ4v) is 3.56. The van der Waals surface area contributed by atoms with Crippen LogP contribution >= 0.6 is 0 Å². The maximum atomic E-state index is 13.8. The minimum absolute atomic E-state index is 0.354. The second-order valence-electron chi connectivity index (χ2n) is 7.00. The van der Waals surface area contributed by atoms with E-state index in [1.165, 1.54) is 36.4 Å². The second kappa shape index (κ2) is 8.07. The predicted octanol–water partition coefficient (Wildman–Crippen LogP) is 5.66. The zero-order valence-corrected chi connectivity index (χ0v) is 15.4. The van der Waals surface area contributed by atoms with Crippen molar-refractivity contribution < 1.29 is 17.6 Å². The van der Waals surface area contributed by atoms with E-state index in [1.54, 1.807) is 24.3 Å². The van der Waals surface area contributed by atoms with Gasteiger partial charge in [0, 0.05) is 6.42 Å². The van der Waals surface area contributed by atoms with Crippen molar-refractivity contribution in [3.63, 3.8) is 0 Å². The van der Waals surface area contributed by atoms with E-state index in [1.807, 2.05) is 0 Å². The molecule has 3 aromatic carbocycles. The van der Waals surface area contributed by atoms with Crippen molar-refractivity contribution >= 4 is 5.84 Å². The van der Waals surface area contributed by atoms with E-state index in [-0.39, 0.29) is 17.7 Å². The van der Waals surface area contributed by atoms with Crippen molar-refractivity contribution in [1.29, 1.82) is 0 Å². The van der Waals surface area contributed by atoms with Gasteiger partial charge in [0.05, 0.1) is 11.9 Å². The van der Waals surface area contributed by atoms with Crippen LogP contribution in [0.15, 0.2) is 71.7 Å². The number of hydrogen-bond donors (Lipinski definition) is 1. The molecule has 0 saturated heterocycles. The number of rotatable bonds is 5. The van der Waals surface area contributed by atoms with E-state index in [9.17, 15) is 17.6 Å². The van der Waals surface area contributed by atoms with Crippen LogP contribution in [-0.2, 0) is 6.42 Å². The lowest BCUT2D eigenvalue weighted by Gasteiger charge is -2.20. The van der Waals surface area contributed by atoms with Crippen LogP contribution in [0, 0.1) is 23.3 Å². The summed E-state index contributed by atoms with van der Waals surface area (Å²) >= 11 is 0. The molecule has 1 aliphatic heterocycles. The Bertz CT molecular complexity index is 1060. The first kappa shape index (κ1) is 19.2. The van der Waals surface area contributed by atoms with Crippen LogP contribution in [0.4, 0.5) is 17.6 Å². The van der Waals surface area contributed by atoms with Gasteiger partial charge in [0.15, 0.2) is 11.6 Å². The normalized spacial score (nSPS) is 18.4. The standard InChI is InChI=1S/C23H18F4N2/c24-17-5-1-3-15(12-17)22-23(16-4-2-6-18(25)13-16)29-21(28-22)10-8-14-7-9-19(26)20(27)11-14/h1-7,9,11-13,22-23H,8,10H2,(H,28,29)/t22-,23+. The molecule has 0 aromatic heterocycles. The molecule has 0 bridgehead atoms. The van der Waals surface area contributed by atoms with Crippen LogP contribution in [0.5, 0.6) is 0 Å². The van der Waals surface area contributed by atoms with Crippen LogP contribution in [-0.4, -0.2) is 5.84 Å². The van der Waals surface area contributed by atoms with E-state index in [4.69, 9.17) is 4.99 Å². The maximum absolute atomic E-state index is 13.8. The van der Waals surface area contributed by atoms with Crippen molar-refractivity contribution in [3.05, 3.63) is 107 Å². The third-order valence-electron chi connectivity index (χ3n) is 4.97. The lowest BCUT2D eigenvalue weighted by atomic mass is 9.95. The van der Waals surface area contributed by atoms with Gasteiger partial charge in [-0.2, -0.15) is 0 Å². The number of halogens is 4. The minimum Gasteiger partial charge on any atom is -0.364 e. The van der Waals surface area contributed by atoms with Gasteiger partial charge < -0.3 is 5.32 Å². The summed E-state index contributed by atoms with van der Waals surface area (Å²) in [6.07, 6.45) is 0.914. The highest BCUT2D eigenvalue weighted by Gasteiger charge is 2.31. The van der Waals surface area contributed by atoms with E-state index in [0.29, 0.717) is 35.4 Å². The fraction of sp³-hybridized carbons (Fsp3) is 0.174. The van der Waals surface area contributed by atoms with Crippen molar-refractivity contribution in [1.82, 2.24) is 5.32 Å². The molecule has 148 valence electrons. The average Bonchev–Trinajstić information content (AvgIpc) is 3.13. The maximum Gasteiger partial charge on any atom is 0.159 e. The zero-order chi connectivity index (χ0) is 20.4. The third kappa shape index (κ3) is 4.31. The van der Waals surface area contributed by atoms with Gasteiger partial charge in [-0.15, -0.1) is 0 Å². The first-order valence-electron chi connectivity index (χ1n) is 9.27. The van der Waals surface area contributed by atoms with Gasteiger partial charge >= 0.3 is 0 Å². The second-order valence-corrected chi connectivity index (χ2v) is 7.00. The van der Waals surface area contributed by atoms with Gasteiger partial charge in [-0.1, -0.05) is 30.3 Å². The highest BCUT2D eigenvalue weighted by Crippen LogP contribution is 2.37. The molecule has 0 aliphatic carbocycles. The molecule has 1 N–H and O–H groups in total. The van der Waals surface area contributed by atoms with Gasteiger partial charge in [0.2, 0.25) is 0 Å². The number of amidine groups is 1. The number of aryl methyl sites for hydroxylation is 1. The summed E-state index contributed by atoms with van der Waals surface area (Å²) in [5.41, 5.74) is 2.02. The molecule has 0 saturated carbocycles. The Morgan fingerprint density at radius 2 is 1.41 bits per heavy atom. The molecule has 4 rings (SSSR count). The van der Waals surface area contributed by atoms with E-state index in [2.05, 4.69) is 5.32 Å². The Hall–Kier alpha value is -3.15. The SMILES string of the molecule is Fc1cccc([C@H]2NC(CCc3ccc(F)c(F)c3)=N[C@H]2c2cccc(F)c2)c1. The third-order valence-corrected chi connectivity index (χ3v) is 4.97. The molecule has 2 atom stereocenters. The molecule has 0 unspecified atom stereocenters. The van der Waals surface area contributed by atoms with Gasteiger partial charge in [0.25, 0.3) is 0 Å². The molecular weight excluding hydrogens is 380 g/mol. The summed E-state index contributed by atoms with van der Waals surface area (Å²) in [6.45, 7) is 0. The fourth-order valence-electron chi connectivity index (χ4n) is 3.56. The monoisotopic (exact) mass is 398 g/mol. The molecule has 2 nitrogen and oxygen atoms in total. The molecule has 0 fully saturated rings. The van der Waals surface area contributed by atoms with Crippen LogP contribution in [0.3, 0.4) is 0 Å². The van der Waals surface area contributed by atoms with E-state index >= 15 is 0 Å². The Labute approximate surface area is 165 Å².